The van der Waals surface area contributed by atoms with Crippen LogP contribution >= 0.6 is 11.6 Å². The van der Waals surface area contributed by atoms with Gasteiger partial charge in [0.2, 0.25) is 5.91 Å². The highest BCUT2D eigenvalue weighted by Crippen LogP contribution is 2.13. The van der Waals surface area contributed by atoms with Crippen LogP contribution in [0.25, 0.3) is 0 Å². The van der Waals surface area contributed by atoms with E-state index < -0.39 is 6.04 Å². The monoisotopic (exact) mass is 265 g/mol. The molecule has 94 valence electrons. The molecule has 0 saturated carbocycles. The number of carbonyl (C=O) groups excluding carboxylic acids is 1. The lowest BCUT2D eigenvalue weighted by Gasteiger charge is -2.09. The van der Waals surface area contributed by atoms with Crippen LogP contribution in [0.15, 0.2) is 30.6 Å². The Labute approximate surface area is 109 Å². The summed E-state index contributed by atoms with van der Waals surface area (Å²) in [5.74, 6) is 0.00427. The SMILES string of the molecule is Cn1cc(C(N)C(=O)Nc2cccc(Cl)n2)cn1. The maximum absolute atomic E-state index is 11.9. The summed E-state index contributed by atoms with van der Waals surface area (Å²) in [5, 5.41) is 6.86. The topological polar surface area (TPSA) is 85.8 Å². The van der Waals surface area contributed by atoms with Crippen LogP contribution in [0.3, 0.4) is 0 Å². The summed E-state index contributed by atoms with van der Waals surface area (Å²) < 4.78 is 1.58. The van der Waals surface area contributed by atoms with Crippen molar-refractivity contribution in [3.8, 4) is 0 Å². The summed E-state index contributed by atoms with van der Waals surface area (Å²) in [6, 6.07) is 4.16. The average molecular weight is 266 g/mol. The van der Waals surface area contributed by atoms with Gasteiger partial charge in [-0.25, -0.2) is 4.98 Å². The summed E-state index contributed by atoms with van der Waals surface area (Å²) in [7, 11) is 1.76. The van der Waals surface area contributed by atoms with Crippen LogP contribution in [-0.4, -0.2) is 20.7 Å². The third-order valence-electron chi connectivity index (χ3n) is 2.33. The van der Waals surface area contributed by atoms with Crippen molar-refractivity contribution < 1.29 is 4.79 Å². The van der Waals surface area contributed by atoms with Crippen LogP contribution in [0.2, 0.25) is 5.15 Å². The zero-order chi connectivity index (χ0) is 13.1. The fourth-order valence-electron chi connectivity index (χ4n) is 1.43. The first kappa shape index (κ1) is 12.5. The van der Waals surface area contributed by atoms with Gasteiger partial charge in [0.05, 0.1) is 6.20 Å². The van der Waals surface area contributed by atoms with Gasteiger partial charge in [-0.05, 0) is 12.1 Å². The normalized spacial score (nSPS) is 12.2. The lowest BCUT2D eigenvalue weighted by Crippen LogP contribution is -2.27. The van der Waals surface area contributed by atoms with Crippen molar-refractivity contribution in [3.05, 3.63) is 41.3 Å². The zero-order valence-corrected chi connectivity index (χ0v) is 10.4. The van der Waals surface area contributed by atoms with E-state index in [0.29, 0.717) is 16.5 Å². The Kier molecular flexibility index (Phi) is 3.59. The molecule has 6 nitrogen and oxygen atoms in total. The molecule has 7 heteroatoms. The van der Waals surface area contributed by atoms with Gasteiger partial charge in [-0.15, -0.1) is 0 Å². The van der Waals surface area contributed by atoms with E-state index in [1.54, 1.807) is 42.3 Å². The van der Waals surface area contributed by atoms with Gasteiger partial charge in [0, 0.05) is 18.8 Å². The van der Waals surface area contributed by atoms with E-state index in [-0.39, 0.29) is 5.91 Å². The highest BCUT2D eigenvalue weighted by atomic mass is 35.5. The molecule has 2 aromatic heterocycles. The van der Waals surface area contributed by atoms with Crippen molar-refractivity contribution in [1.82, 2.24) is 14.8 Å². The Bertz CT molecular complexity index is 568. The molecule has 0 aromatic carbocycles. The van der Waals surface area contributed by atoms with Crippen LogP contribution in [0.1, 0.15) is 11.6 Å². The first-order valence-electron chi connectivity index (χ1n) is 5.24. The van der Waals surface area contributed by atoms with E-state index in [1.165, 1.54) is 0 Å². The van der Waals surface area contributed by atoms with Crippen LogP contribution in [0.5, 0.6) is 0 Å². The van der Waals surface area contributed by atoms with Crippen molar-refractivity contribution in [2.45, 2.75) is 6.04 Å². The molecule has 2 aromatic rings. The fraction of sp³-hybridized carbons (Fsp3) is 0.182. The van der Waals surface area contributed by atoms with Crippen molar-refractivity contribution >= 4 is 23.3 Å². The number of pyridine rings is 1. The number of nitrogens with zero attached hydrogens (tertiary/aromatic N) is 3. The van der Waals surface area contributed by atoms with E-state index in [4.69, 9.17) is 17.3 Å². The van der Waals surface area contributed by atoms with Gasteiger partial charge in [0.15, 0.2) is 0 Å². The van der Waals surface area contributed by atoms with Crippen molar-refractivity contribution in [3.63, 3.8) is 0 Å². The molecule has 0 saturated heterocycles. The minimum Gasteiger partial charge on any atom is -0.316 e. The zero-order valence-electron chi connectivity index (χ0n) is 9.67. The fourth-order valence-corrected chi connectivity index (χ4v) is 1.60. The largest absolute Gasteiger partial charge is 0.316 e. The predicted molar refractivity (Wildman–Crippen MR) is 68.0 cm³/mol. The summed E-state index contributed by atoms with van der Waals surface area (Å²) in [5.41, 5.74) is 6.45. The molecular weight excluding hydrogens is 254 g/mol. The van der Waals surface area contributed by atoms with E-state index >= 15 is 0 Å². The summed E-state index contributed by atoms with van der Waals surface area (Å²) in [6.07, 6.45) is 3.24. The number of rotatable bonds is 3. The Morgan fingerprint density at radius 2 is 2.33 bits per heavy atom. The van der Waals surface area contributed by atoms with Gasteiger partial charge >= 0.3 is 0 Å². The predicted octanol–water partition coefficient (Wildman–Crippen LogP) is 1.11. The molecule has 0 aliphatic heterocycles. The number of halogens is 1. The second-order valence-electron chi connectivity index (χ2n) is 3.76. The van der Waals surface area contributed by atoms with Crippen LogP contribution < -0.4 is 11.1 Å². The van der Waals surface area contributed by atoms with Crippen LogP contribution in [-0.2, 0) is 11.8 Å². The number of anilines is 1. The minimum absolute atomic E-state index is 0.308. The third-order valence-corrected chi connectivity index (χ3v) is 2.54. The van der Waals surface area contributed by atoms with Gasteiger partial charge < -0.3 is 11.1 Å². The maximum atomic E-state index is 11.9. The number of aromatic nitrogens is 3. The standard InChI is InChI=1S/C11H12ClN5O/c1-17-6-7(5-14-17)10(13)11(18)16-9-4-2-3-8(12)15-9/h2-6,10H,13H2,1H3,(H,15,16,18). The quantitative estimate of drug-likeness (QED) is 0.814. The van der Waals surface area contributed by atoms with Crippen LogP contribution in [0, 0.1) is 0 Å². The Morgan fingerprint density at radius 1 is 1.56 bits per heavy atom. The highest BCUT2D eigenvalue weighted by molar-refractivity contribution is 6.29. The summed E-state index contributed by atoms with van der Waals surface area (Å²) in [4.78, 5) is 15.8. The summed E-state index contributed by atoms with van der Waals surface area (Å²) in [6.45, 7) is 0. The smallest absolute Gasteiger partial charge is 0.247 e. The maximum Gasteiger partial charge on any atom is 0.247 e. The van der Waals surface area contributed by atoms with Gasteiger partial charge in [0.25, 0.3) is 0 Å². The number of carbonyl (C=O) groups is 1. The van der Waals surface area contributed by atoms with Crippen molar-refractivity contribution in [2.24, 2.45) is 12.8 Å². The summed E-state index contributed by atoms with van der Waals surface area (Å²) >= 11 is 5.72. The van der Waals surface area contributed by atoms with Crippen molar-refractivity contribution in [1.29, 1.82) is 0 Å². The number of aryl methyl sites for hydroxylation is 1. The second kappa shape index (κ2) is 5.16. The number of amides is 1. The molecule has 0 aliphatic carbocycles. The van der Waals surface area contributed by atoms with E-state index in [9.17, 15) is 4.79 Å². The molecule has 2 rings (SSSR count). The average Bonchev–Trinajstić information content (AvgIpc) is 2.75. The number of hydrogen-bond acceptors (Lipinski definition) is 4. The number of nitrogens with two attached hydrogens (primary N) is 1. The molecule has 0 fully saturated rings. The first-order valence-corrected chi connectivity index (χ1v) is 5.61. The number of nitrogens with one attached hydrogen (secondary N) is 1. The van der Waals surface area contributed by atoms with Gasteiger partial charge in [-0.3, -0.25) is 9.48 Å². The molecule has 0 bridgehead atoms. The Hall–Kier alpha value is -1.92. The molecule has 1 atom stereocenters. The van der Waals surface area contributed by atoms with Gasteiger partial charge in [-0.1, -0.05) is 17.7 Å². The van der Waals surface area contributed by atoms with E-state index in [2.05, 4.69) is 15.4 Å². The molecule has 0 aliphatic rings. The van der Waals surface area contributed by atoms with E-state index in [1.807, 2.05) is 0 Å². The molecular formula is C11H12ClN5O. The first-order chi connectivity index (χ1) is 8.56. The lowest BCUT2D eigenvalue weighted by atomic mass is 10.1. The lowest BCUT2D eigenvalue weighted by molar-refractivity contribution is -0.117. The molecule has 0 radical (unpaired) electrons. The molecule has 2 heterocycles. The Balaban J connectivity index is 2.08. The van der Waals surface area contributed by atoms with Gasteiger partial charge in [-0.2, -0.15) is 5.10 Å². The number of hydrogen-bond donors (Lipinski definition) is 2. The molecule has 18 heavy (non-hydrogen) atoms. The van der Waals surface area contributed by atoms with E-state index in [0.717, 1.165) is 0 Å². The second-order valence-corrected chi connectivity index (χ2v) is 4.15. The third kappa shape index (κ3) is 2.85. The minimum atomic E-state index is -0.792. The molecule has 1 amide bonds. The molecule has 1 unspecified atom stereocenters. The Morgan fingerprint density at radius 3 is 2.94 bits per heavy atom. The van der Waals surface area contributed by atoms with Crippen LogP contribution in [0.4, 0.5) is 5.82 Å². The van der Waals surface area contributed by atoms with Gasteiger partial charge in [0.1, 0.15) is 17.0 Å². The van der Waals surface area contributed by atoms with Crippen molar-refractivity contribution in [2.75, 3.05) is 5.32 Å². The molecule has 0 spiro atoms. The molecule has 3 N–H and O–H groups in total. The highest BCUT2D eigenvalue weighted by Gasteiger charge is 2.17.